The molecule has 0 aromatic carbocycles. The monoisotopic (exact) mass is 485 g/mol. The Morgan fingerprint density at radius 1 is 1.43 bits per heavy atom. The zero-order valence-electron chi connectivity index (χ0n) is 15.9. The molecular formula is C17H19N5O4S4. The van der Waals surface area contributed by atoms with Crippen molar-refractivity contribution in [3.8, 4) is 0 Å². The van der Waals surface area contributed by atoms with Crippen LogP contribution in [0.1, 0.15) is 9.88 Å². The molecule has 0 spiro atoms. The van der Waals surface area contributed by atoms with E-state index in [0.29, 0.717) is 18.1 Å². The second-order valence-electron chi connectivity index (χ2n) is 7.01. The first kappa shape index (κ1) is 21.4. The molecule has 0 bridgehead atoms. The number of aryl methyl sites for hydroxylation is 1. The summed E-state index contributed by atoms with van der Waals surface area (Å²) < 4.78 is 0.720. The second kappa shape index (κ2) is 8.73. The quantitative estimate of drug-likeness (QED) is 0.401. The van der Waals surface area contributed by atoms with Gasteiger partial charge in [0.25, 0.3) is 0 Å². The highest BCUT2D eigenvalue weighted by Crippen LogP contribution is 2.44. The fraction of sp³-hybridized carbons (Fsp3) is 0.471. The molecule has 2 aliphatic rings. The Morgan fingerprint density at radius 2 is 2.27 bits per heavy atom. The lowest BCUT2D eigenvalue weighted by molar-refractivity contribution is -0.156. The van der Waals surface area contributed by atoms with Gasteiger partial charge in [0.1, 0.15) is 21.8 Å². The lowest BCUT2D eigenvalue weighted by atomic mass is 9.89. The third kappa shape index (κ3) is 4.29. The van der Waals surface area contributed by atoms with E-state index in [1.165, 1.54) is 34.9 Å². The largest absolute Gasteiger partial charge is 0.481 e. The number of rotatable bonds is 7. The molecular weight excluding hydrogens is 466 g/mol. The zero-order valence-corrected chi connectivity index (χ0v) is 19.1. The Kier molecular flexibility index (Phi) is 6.23. The summed E-state index contributed by atoms with van der Waals surface area (Å²) in [4.78, 5) is 39.4. The summed E-state index contributed by atoms with van der Waals surface area (Å²) in [5.74, 6) is -0.517. The molecule has 2 aliphatic heterocycles. The highest BCUT2D eigenvalue weighted by atomic mass is 32.2. The van der Waals surface area contributed by atoms with Gasteiger partial charge in [0.15, 0.2) is 4.34 Å². The number of β-lactam (4-membered cyclic amide) rings is 1. The Hall–Kier alpha value is -1.83. The lowest BCUT2D eigenvalue weighted by Crippen LogP contribution is -2.74. The first-order valence-corrected chi connectivity index (χ1v) is 12.8. The van der Waals surface area contributed by atoms with Crippen molar-refractivity contribution in [3.63, 3.8) is 0 Å². The minimum atomic E-state index is -1.06. The standard InChI is InChI=1S/C17H19N5O4S4/c1-9-20-21-16(30-9)29-8-17(14(24)25)6-22-12(23)11(13(22)28-7-17)19-15(26)18-5-10-3-2-4-27-10/h2-4,11,13H,5-8H2,1H3,(H,24,25)(H2,18,19,26)/t11?,13-,17?/m1/s1. The molecule has 2 aromatic rings. The van der Waals surface area contributed by atoms with Crippen LogP contribution in [-0.2, 0) is 16.1 Å². The van der Waals surface area contributed by atoms with Crippen molar-refractivity contribution < 1.29 is 19.5 Å². The number of urea groups is 1. The van der Waals surface area contributed by atoms with Gasteiger partial charge in [-0.15, -0.1) is 33.3 Å². The molecule has 3 atom stereocenters. The average molecular weight is 486 g/mol. The van der Waals surface area contributed by atoms with Gasteiger partial charge in [-0.1, -0.05) is 29.2 Å². The Bertz CT molecular complexity index is 952. The van der Waals surface area contributed by atoms with Gasteiger partial charge in [0, 0.05) is 22.9 Å². The van der Waals surface area contributed by atoms with Gasteiger partial charge < -0.3 is 20.6 Å². The van der Waals surface area contributed by atoms with Crippen LogP contribution < -0.4 is 10.6 Å². The van der Waals surface area contributed by atoms with Crippen molar-refractivity contribution in [1.82, 2.24) is 25.7 Å². The van der Waals surface area contributed by atoms with Crippen LogP contribution in [0.2, 0.25) is 0 Å². The predicted octanol–water partition coefficient (Wildman–Crippen LogP) is 1.85. The Labute approximate surface area is 189 Å². The SMILES string of the molecule is Cc1nnc(SCC2(C(=O)O)CS[C@@H]3C(NC(=O)NCc4cccs4)C(=O)N3C2)s1. The average Bonchev–Trinajstić information content (AvgIpc) is 3.40. The number of hydrogen-bond donors (Lipinski definition) is 3. The second-order valence-corrected chi connectivity index (χ2v) is 11.6. The number of carboxylic acid groups (broad SMARTS) is 1. The third-order valence-electron chi connectivity index (χ3n) is 4.87. The van der Waals surface area contributed by atoms with Crippen LogP contribution in [0.15, 0.2) is 21.9 Å². The number of aliphatic carboxylic acids is 1. The molecule has 2 fully saturated rings. The van der Waals surface area contributed by atoms with Crippen LogP contribution in [0.3, 0.4) is 0 Å². The van der Waals surface area contributed by atoms with Gasteiger partial charge in [0.2, 0.25) is 5.91 Å². The fourth-order valence-electron chi connectivity index (χ4n) is 3.22. The summed E-state index contributed by atoms with van der Waals surface area (Å²) in [6.45, 7) is 2.37. The molecule has 4 rings (SSSR count). The number of aromatic nitrogens is 2. The maximum Gasteiger partial charge on any atom is 0.315 e. The van der Waals surface area contributed by atoms with E-state index in [9.17, 15) is 19.5 Å². The van der Waals surface area contributed by atoms with Gasteiger partial charge in [-0.3, -0.25) is 9.59 Å². The lowest BCUT2D eigenvalue weighted by Gasteiger charge is -2.53. The molecule has 13 heteroatoms. The van der Waals surface area contributed by atoms with E-state index in [1.807, 2.05) is 24.4 Å². The molecule has 9 nitrogen and oxygen atoms in total. The van der Waals surface area contributed by atoms with Gasteiger partial charge >= 0.3 is 12.0 Å². The number of amides is 3. The van der Waals surface area contributed by atoms with E-state index in [2.05, 4.69) is 20.8 Å². The molecule has 0 saturated carbocycles. The van der Waals surface area contributed by atoms with Gasteiger partial charge in [-0.25, -0.2) is 4.79 Å². The summed E-state index contributed by atoms with van der Waals surface area (Å²) in [6.07, 6.45) is 0. The minimum Gasteiger partial charge on any atom is -0.481 e. The van der Waals surface area contributed by atoms with E-state index in [4.69, 9.17) is 0 Å². The van der Waals surface area contributed by atoms with E-state index in [1.54, 1.807) is 16.2 Å². The van der Waals surface area contributed by atoms with Crippen LogP contribution in [-0.4, -0.2) is 67.6 Å². The fourth-order valence-corrected chi connectivity index (χ4v) is 7.54. The van der Waals surface area contributed by atoms with E-state index >= 15 is 0 Å². The van der Waals surface area contributed by atoms with Crippen molar-refractivity contribution in [3.05, 3.63) is 27.4 Å². The predicted molar refractivity (Wildman–Crippen MR) is 117 cm³/mol. The molecule has 2 aromatic heterocycles. The normalized spacial score (nSPS) is 25.4. The molecule has 3 N–H and O–H groups in total. The number of fused-ring (bicyclic) bond motifs is 1. The number of hydrogen-bond acceptors (Lipinski definition) is 9. The summed E-state index contributed by atoms with van der Waals surface area (Å²) in [7, 11) is 0. The summed E-state index contributed by atoms with van der Waals surface area (Å²) >= 11 is 5.71. The molecule has 3 amide bonds. The number of nitrogens with zero attached hydrogens (tertiary/aromatic N) is 3. The maximum atomic E-state index is 12.6. The molecule has 160 valence electrons. The number of thioether (sulfide) groups is 2. The van der Waals surface area contributed by atoms with Crippen molar-refractivity contribution in [2.45, 2.75) is 29.2 Å². The minimum absolute atomic E-state index is 0.124. The Balaban J connectivity index is 1.33. The molecule has 0 aliphatic carbocycles. The molecule has 0 radical (unpaired) electrons. The van der Waals surface area contributed by atoms with E-state index < -0.39 is 23.5 Å². The van der Waals surface area contributed by atoms with Crippen molar-refractivity contribution in [1.29, 1.82) is 0 Å². The summed E-state index contributed by atoms with van der Waals surface area (Å²) in [6, 6.07) is 2.79. The van der Waals surface area contributed by atoms with Gasteiger partial charge in [-0.05, 0) is 18.4 Å². The van der Waals surface area contributed by atoms with E-state index in [-0.39, 0.29) is 17.8 Å². The molecule has 30 heavy (non-hydrogen) atoms. The maximum absolute atomic E-state index is 12.6. The Morgan fingerprint density at radius 3 is 2.93 bits per heavy atom. The van der Waals surface area contributed by atoms with Crippen molar-refractivity contribution >= 4 is 64.1 Å². The number of thiophene rings is 1. The highest BCUT2D eigenvalue weighted by molar-refractivity contribution is 8.01. The number of carbonyl (C=O) groups excluding carboxylic acids is 2. The van der Waals surface area contributed by atoms with Gasteiger partial charge in [-0.2, -0.15) is 0 Å². The van der Waals surface area contributed by atoms with Crippen LogP contribution in [0.4, 0.5) is 4.79 Å². The smallest absolute Gasteiger partial charge is 0.315 e. The van der Waals surface area contributed by atoms with Crippen LogP contribution >= 0.6 is 46.2 Å². The highest BCUT2D eigenvalue weighted by Gasteiger charge is 2.57. The van der Waals surface area contributed by atoms with Crippen molar-refractivity contribution in [2.75, 3.05) is 18.1 Å². The van der Waals surface area contributed by atoms with Crippen LogP contribution in [0.25, 0.3) is 0 Å². The van der Waals surface area contributed by atoms with Gasteiger partial charge in [0.05, 0.1) is 6.54 Å². The number of carbonyl (C=O) groups is 3. The first-order chi connectivity index (χ1) is 14.4. The van der Waals surface area contributed by atoms with Crippen molar-refractivity contribution in [2.24, 2.45) is 5.41 Å². The third-order valence-corrected chi connectivity index (χ3v) is 9.59. The summed E-state index contributed by atoms with van der Waals surface area (Å²) in [5.41, 5.74) is -1.06. The van der Waals surface area contributed by atoms with Crippen LogP contribution in [0, 0.1) is 12.3 Å². The molecule has 2 unspecified atom stereocenters. The topological polar surface area (TPSA) is 125 Å². The zero-order chi connectivity index (χ0) is 21.3. The molecule has 4 heterocycles. The first-order valence-electron chi connectivity index (χ1n) is 9.03. The summed E-state index contributed by atoms with van der Waals surface area (Å²) in [5, 5.41) is 25.8. The molecule has 2 saturated heterocycles. The van der Waals surface area contributed by atoms with Crippen LogP contribution in [0.5, 0.6) is 0 Å². The number of carboxylic acids is 1. The van der Waals surface area contributed by atoms with E-state index in [0.717, 1.165) is 14.2 Å². The number of nitrogens with one attached hydrogen (secondary N) is 2.